The zero-order valence-corrected chi connectivity index (χ0v) is 13.6. The molecule has 1 aromatic rings. The summed E-state index contributed by atoms with van der Waals surface area (Å²) < 4.78 is 29.3. The van der Waals surface area contributed by atoms with Gasteiger partial charge in [-0.3, -0.25) is 0 Å². The molecular formula is C12H19N3O4S2. The topological polar surface area (TPSA) is 116 Å². The minimum atomic E-state index is -3.54. The number of nitrogens with two attached hydrogens (primary N) is 2. The van der Waals surface area contributed by atoms with Crippen molar-refractivity contribution in [2.75, 3.05) is 36.6 Å². The molecular weight excluding hydrogens is 314 g/mol. The van der Waals surface area contributed by atoms with E-state index in [4.69, 9.17) is 11.5 Å². The van der Waals surface area contributed by atoms with E-state index in [0.29, 0.717) is 18.1 Å². The molecule has 0 radical (unpaired) electrons. The lowest BCUT2D eigenvalue weighted by molar-refractivity contribution is 0.0607. The normalized spacial score (nSPS) is 19.0. The number of sulfone groups is 1. The van der Waals surface area contributed by atoms with Crippen LogP contribution in [-0.2, 0) is 14.6 Å². The Morgan fingerprint density at radius 3 is 2.67 bits per heavy atom. The number of esters is 1. The fourth-order valence-corrected chi connectivity index (χ4v) is 5.05. The van der Waals surface area contributed by atoms with E-state index < -0.39 is 15.8 Å². The van der Waals surface area contributed by atoms with Gasteiger partial charge in [-0.05, 0) is 6.42 Å². The lowest BCUT2D eigenvalue weighted by Crippen LogP contribution is -2.26. The van der Waals surface area contributed by atoms with Gasteiger partial charge in [-0.25, -0.2) is 13.2 Å². The number of ether oxygens (including phenoxy) is 1. The first-order chi connectivity index (χ1) is 9.81. The van der Waals surface area contributed by atoms with Gasteiger partial charge in [0.25, 0.3) is 0 Å². The third-order valence-corrected chi connectivity index (χ3v) is 6.63. The van der Waals surface area contributed by atoms with Gasteiger partial charge in [0.05, 0.1) is 18.6 Å². The number of rotatable bonds is 4. The van der Waals surface area contributed by atoms with Crippen molar-refractivity contribution in [3.05, 3.63) is 4.88 Å². The second kappa shape index (κ2) is 5.82. The number of hydrogen-bond donors (Lipinski definition) is 2. The molecule has 2 rings (SSSR count). The lowest BCUT2D eigenvalue weighted by atomic mass is 10.3. The Morgan fingerprint density at radius 2 is 2.19 bits per heavy atom. The van der Waals surface area contributed by atoms with E-state index in [0.717, 1.165) is 17.8 Å². The molecule has 4 N–H and O–H groups in total. The van der Waals surface area contributed by atoms with E-state index in [1.165, 1.54) is 7.11 Å². The van der Waals surface area contributed by atoms with Gasteiger partial charge in [-0.2, -0.15) is 0 Å². The van der Waals surface area contributed by atoms with E-state index in [1.807, 2.05) is 4.90 Å². The molecule has 0 saturated carbocycles. The van der Waals surface area contributed by atoms with E-state index in [2.05, 4.69) is 4.74 Å². The van der Waals surface area contributed by atoms with Gasteiger partial charge in [-0.15, -0.1) is 11.3 Å². The standard InChI is InChI=1S/C12H19N3O4S2/c1-3-21(17,18)10-8(14)9(12(16)19-2)20-11(10)15-5-4-7(13)6-15/h7H,3-6,13-14H2,1-2H3. The molecule has 0 aromatic carbocycles. The molecule has 1 aliphatic rings. The highest BCUT2D eigenvalue weighted by molar-refractivity contribution is 7.92. The van der Waals surface area contributed by atoms with Gasteiger partial charge in [0, 0.05) is 19.1 Å². The van der Waals surface area contributed by atoms with Crippen molar-refractivity contribution in [2.45, 2.75) is 24.3 Å². The van der Waals surface area contributed by atoms with E-state index in [9.17, 15) is 13.2 Å². The van der Waals surface area contributed by atoms with Crippen LogP contribution in [0.1, 0.15) is 23.0 Å². The van der Waals surface area contributed by atoms with Gasteiger partial charge in [0.1, 0.15) is 14.8 Å². The van der Waals surface area contributed by atoms with E-state index >= 15 is 0 Å². The minimum Gasteiger partial charge on any atom is -0.465 e. The highest BCUT2D eigenvalue weighted by Gasteiger charge is 2.33. The van der Waals surface area contributed by atoms with Crippen molar-refractivity contribution < 1.29 is 17.9 Å². The number of anilines is 2. The Bertz CT molecular complexity index is 654. The lowest BCUT2D eigenvalue weighted by Gasteiger charge is -2.17. The van der Waals surface area contributed by atoms with Gasteiger partial charge in [0.15, 0.2) is 9.84 Å². The summed E-state index contributed by atoms with van der Waals surface area (Å²) in [6.07, 6.45) is 0.775. The number of nitrogen functional groups attached to an aromatic ring is 1. The fourth-order valence-electron chi connectivity index (χ4n) is 2.29. The highest BCUT2D eigenvalue weighted by Crippen LogP contribution is 2.43. The maximum Gasteiger partial charge on any atom is 0.350 e. The predicted octanol–water partition coefficient (Wildman–Crippen LogP) is 0.448. The van der Waals surface area contributed by atoms with Crippen molar-refractivity contribution in [1.82, 2.24) is 0 Å². The number of thiophene rings is 1. The molecule has 0 amide bonds. The molecule has 9 heteroatoms. The Hall–Kier alpha value is -1.32. The summed E-state index contributed by atoms with van der Waals surface area (Å²) >= 11 is 1.05. The average molecular weight is 333 g/mol. The summed E-state index contributed by atoms with van der Waals surface area (Å²) in [5, 5.41) is 0.489. The maximum atomic E-state index is 12.3. The predicted molar refractivity (Wildman–Crippen MR) is 82.6 cm³/mol. The molecule has 7 nitrogen and oxygen atoms in total. The van der Waals surface area contributed by atoms with Crippen LogP contribution in [0.3, 0.4) is 0 Å². The molecule has 1 fully saturated rings. The molecule has 0 spiro atoms. The summed E-state index contributed by atoms with van der Waals surface area (Å²) in [5.74, 6) is -0.707. The Kier molecular flexibility index (Phi) is 4.45. The minimum absolute atomic E-state index is 0.00733. The molecule has 1 aromatic heterocycles. The number of methoxy groups -OCH3 is 1. The van der Waals surface area contributed by atoms with Crippen LogP contribution < -0.4 is 16.4 Å². The summed E-state index contributed by atoms with van der Waals surface area (Å²) in [5.41, 5.74) is 11.8. The summed E-state index contributed by atoms with van der Waals surface area (Å²) in [6.45, 7) is 2.74. The van der Waals surface area contributed by atoms with Crippen LogP contribution in [0.4, 0.5) is 10.7 Å². The molecule has 1 atom stereocenters. The number of nitrogens with zero attached hydrogens (tertiary/aromatic N) is 1. The third-order valence-electron chi connectivity index (χ3n) is 3.46. The number of hydrogen-bond acceptors (Lipinski definition) is 8. The van der Waals surface area contributed by atoms with Crippen LogP contribution in [0.2, 0.25) is 0 Å². The number of carbonyl (C=O) groups is 1. The Labute approximate surface area is 127 Å². The van der Waals surface area contributed by atoms with Crippen LogP contribution in [-0.4, -0.2) is 46.4 Å². The number of carbonyl (C=O) groups excluding carboxylic acids is 1. The molecule has 1 aliphatic heterocycles. The smallest absolute Gasteiger partial charge is 0.350 e. The van der Waals surface area contributed by atoms with E-state index in [1.54, 1.807) is 6.92 Å². The first-order valence-electron chi connectivity index (χ1n) is 6.55. The molecule has 0 bridgehead atoms. The zero-order chi connectivity index (χ0) is 15.8. The van der Waals surface area contributed by atoms with Gasteiger partial charge < -0.3 is 21.1 Å². The Balaban J connectivity index is 2.60. The van der Waals surface area contributed by atoms with Crippen LogP contribution >= 0.6 is 11.3 Å². The monoisotopic (exact) mass is 333 g/mol. The van der Waals surface area contributed by atoms with Crippen LogP contribution in [0.5, 0.6) is 0 Å². The van der Waals surface area contributed by atoms with Crippen molar-refractivity contribution in [3.63, 3.8) is 0 Å². The summed E-state index contributed by atoms with van der Waals surface area (Å²) in [7, 11) is -2.30. The quantitative estimate of drug-likeness (QED) is 0.768. The first-order valence-corrected chi connectivity index (χ1v) is 9.02. The van der Waals surface area contributed by atoms with Gasteiger partial charge in [0.2, 0.25) is 0 Å². The Morgan fingerprint density at radius 1 is 1.52 bits per heavy atom. The van der Waals surface area contributed by atoms with Crippen molar-refractivity contribution in [2.24, 2.45) is 5.73 Å². The zero-order valence-electron chi connectivity index (χ0n) is 12.0. The van der Waals surface area contributed by atoms with Crippen LogP contribution in [0.25, 0.3) is 0 Å². The van der Waals surface area contributed by atoms with E-state index in [-0.39, 0.29) is 27.3 Å². The molecule has 1 saturated heterocycles. The molecule has 2 heterocycles. The summed E-state index contributed by atoms with van der Waals surface area (Å²) in [4.78, 5) is 13.8. The SMILES string of the molecule is CCS(=O)(=O)c1c(N2CCC(N)C2)sc(C(=O)OC)c1N. The second-order valence-corrected chi connectivity index (χ2v) is 8.08. The molecule has 0 aliphatic carbocycles. The van der Waals surface area contributed by atoms with Crippen LogP contribution in [0, 0.1) is 0 Å². The van der Waals surface area contributed by atoms with Gasteiger partial charge in [-0.1, -0.05) is 6.92 Å². The third kappa shape index (κ3) is 2.85. The van der Waals surface area contributed by atoms with Crippen molar-refractivity contribution in [3.8, 4) is 0 Å². The van der Waals surface area contributed by atoms with Crippen molar-refractivity contribution in [1.29, 1.82) is 0 Å². The highest BCUT2D eigenvalue weighted by atomic mass is 32.2. The molecule has 21 heavy (non-hydrogen) atoms. The van der Waals surface area contributed by atoms with Crippen molar-refractivity contribution >= 4 is 37.8 Å². The summed E-state index contributed by atoms with van der Waals surface area (Å²) in [6, 6.07) is -0.00733. The average Bonchev–Trinajstić information content (AvgIpc) is 3.01. The molecule has 1 unspecified atom stereocenters. The van der Waals surface area contributed by atoms with Gasteiger partial charge >= 0.3 is 5.97 Å². The largest absolute Gasteiger partial charge is 0.465 e. The maximum absolute atomic E-state index is 12.3. The first kappa shape index (κ1) is 16.1. The fraction of sp³-hybridized carbons (Fsp3) is 0.583. The van der Waals surface area contributed by atoms with Crippen LogP contribution in [0.15, 0.2) is 4.90 Å². The molecule has 118 valence electrons. The second-order valence-electron chi connectivity index (χ2n) is 4.87.